The highest BCUT2D eigenvalue weighted by molar-refractivity contribution is 7.09. The monoisotopic (exact) mass is 309 g/mol. The Hall–Kier alpha value is -1.85. The number of aryl methyl sites for hydroxylation is 1. The maximum atomic E-state index is 11.9. The first-order valence-corrected chi connectivity index (χ1v) is 7.17. The Bertz CT molecular complexity index is 625. The zero-order valence-corrected chi connectivity index (χ0v) is 12.0. The van der Waals surface area contributed by atoms with Gasteiger partial charge in [0.05, 0.1) is 11.3 Å². The summed E-state index contributed by atoms with van der Waals surface area (Å²) in [6.45, 7) is 0. The summed E-state index contributed by atoms with van der Waals surface area (Å²) < 4.78 is 0. The molecule has 1 aromatic heterocycles. The number of halogens is 1. The van der Waals surface area contributed by atoms with Crippen molar-refractivity contribution in [1.29, 1.82) is 0 Å². The number of hydrogen-bond donors (Lipinski definition) is 2. The van der Waals surface area contributed by atoms with Gasteiger partial charge in [0.1, 0.15) is 0 Å². The Morgan fingerprint density at radius 3 is 2.75 bits per heavy atom. The average molecular weight is 310 g/mol. The van der Waals surface area contributed by atoms with Gasteiger partial charge < -0.3 is 10.4 Å². The molecule has 20 heavy (non-hydrogen) atoms. The van der Waals surface area contributed by atoms with E-state index in [9.17, 15) is 9.59 Å². The van der Waals surface area contributed by atoms with Crippen molar-refractivity contribution in [1.82, 2.24) is 0 Å². The molecule has 4 nitrogen and oxygen atoms in total. The van der Waals surface area contributed by atoms with Crippen molar-refractivity contribution < 1.29 is 14.7 Å². The summed E-state index contributed by atoms with van der Waals surface area (Å²) in [6.07, 6.45) is 0.929. The molecule has 1 amide bonds. The van der Waals surface area contributed by atoms with Crippen LogP contribution in [0.5, 0.6) is 0 Å². The first-order chi connectivity index (χ1) is 9.56. The van der Waals surface area contributed by atoms with Gasteiger partial charge in [0.15, 0.2) is 0 Å². The summed E-state index contributed by atoms with van der Waals surface area (Å²) >= 11 is 7.41. The number of hydrogen-bond acceptors (Lipinski definition) is 3. The van der Waals surface area contributed by atoms with Crippen LogP contribution in [0.4, 0.5) is 5.69 Å². The van der Waals surface area contributed by atoms with E-state index in [2.05, 4.69) is 5.32 Å². The number of benzene rings is 1. The number of thiophene rings is 1. The van der Waals surface area contributed by atoms with E-state index in [1.54, 1.807) is 11.3 Å². The van der Waals surface area contributed by atoms with Crippen molar-refractivity contribution in [3.63, 3.8) is 0 Å². The van der Waals surface area contributed by atoms with Crippen LogP contribution in [-0.2, 0) is 11.2 Å². The molecule has 0 fully saturated rings. The lowest BCUT2D eigenvalue weighted by Crippen LogP contribution is -2.15. The third-order valence-electron chi connectivity index (χ3n) is 2.66. The van der Waals surface area contributed by atoms with Gasteiger partial charge >= 0.3 is 5.97 Å². The van der Waals surface area contributed by atoms with Crippen LogP contribution >= 0.6 is 22.9 Å². The van der Waals surface area contributed by atoms with E-state index in [1.165, 1.54) is 18.2 Å². The summed E-state index contributed by atoms with van der Waals surface area (Å²) in [7, 11) is 0. The molecule has 0 aliphatic carbocycles. The molecule has 6 heteroatoms. The number of carbonyl (C=O) groups is 2. The van der Waals surface area contributed by atoms with E-state index in [4.69, 9.17) is 16.7 Å². The number of carboxylic acids is 1. The third-order valence-corrected chi connectivity index (χ3v) is 3.84. The molecule has 2 N–H and O–H groups in total. The molecule has 0 radical (unpaired) electrons. The van der Waals surface area contributed by atoms with Gasteiger partial charge in [-0.25, -0.2) is 4.79 Å². The maximum Gasteiger partial charge on any atom is 0.337 e. The van der Waals surface area contributed by atoms with Gasteiger partial charge in [0.2, 0.25) is 5.91 Å². The highest BCUT2D eigenvalue weighted by Gasteiger charge is 2.13. The second-order valence-corrected chi connectivity index (χ2v) is 5.59. The van der Waals surface area contributed by atoms with Crippen molar-refractivity contribution in [2.75, 3.05) is 5.32 Å². The van der Waals surface area contributed by atoms with Crippen LogP contribution in [-0.4, -0.2) is 17.0 Å². The number of nitrogens with one attached hydrogen (secondary N) is 1. The molecule has 0 saturated carbocycles. The zero-order chi connectivity index (χ0) is 14.5. The summed E-state index contributed by atoms with van der Waals surface area (Å²) in [4.78, 5) is 24.0. The first kappa shape index (κ1) is 14.6. The fourth-order valence-electron chi connectivity index (χ4n) is 1.71. The van der Waals surface area contributed by atoms with Crippen molar-refractivity contribution in [3.05, 3.63) is 51.2 Å². The van der Waals surface area contributed by atoms with Gasteiger partial charge in [-0.2, -0.15) is 0 Å². The Kier molecular flexibility index (Phi) is 4.76. The number of anilines is 1. The average Bonchev–Trinajstić information content (AvgIpc) is 2.89. The topological polar surface area (TPSA) is 66.4 Å². The van der Waals surface area contributed by atoms with Crippen LogP contribution in [0.2, 0.25) is 5.02 Å². The largest absolute Gasteiger partial charge is 0.478 e. The minimum absolute atomic E-state index is 0.0267. The standard InChI is InChI=1S/C14H12ClNO3S/c15-9-3-5-11(14(18)19)12(8-9)16-13(17)6-4-10-2-1-7-20-10/h1-3,5,7-8H,4,6H2,(H,16,17)(H,18,19). The molecule has 0 saturated heterocycles. The summed E-state index contributed by atoms with van der Waals surface area (Å²) in [5.41, 5.74) is 0.250. The molecule has 0 spiro atoms. The van der Waals surface area contributed by atoms with E-state index in [0.29, 0.717) is 17.9 Å². The zero-order valence-electron chi connectivity index (χ0n) is 10.4. The SMILES string of the molecule is O=C(CCc1cccs1)Nc1cc(Cl)ccc1C(=O)O. The minimum atomic E-state index is -1.10. The first-order valence-electron chi connectivity index (χ1n) is 5.91. The van der Waals surface area contributed by atoms with Gasteiger partial charge in [0, 0.05) is 16.3 Å². The van der Waals surface area contributed by atoms with Crippen LogP contribution < -0.4 is 5.32 Å². The van der Waals surface area contributed by atoms with Gasteiger partial charge in [-0.1, -0.05) is 17.7 Å². The van der Waals surface area contributed by atoms with E-state index in [-0.39, 0.29) is 17.2 Å². The lowest BCUT2D eigenvalue weighted by Gasteiger charge is -2.08. The summed E-state index contributed by atoms with van der Waals surface area (Å²) in [5.74, 6) is -1.33. The van der Waals surface area contributed by atoms with Gasteiger partial charge in [0.25, 0.3) is 0 Å². The predicted molar refractivity (Wildman–Crippen MR) is 79.7 cm³/mol. The van der Waals surface area contributed by atoms with Gasteiger partial charge in [-0.3, -0.25) is 4.79 Å². The number of amides is 1. The molecule has 1 aromatic carbocycles. The summed E-state index contributed by atoms with van der Waals surface area (Å²) in [5, 5.41) is 14.0. The second kappa shape index (κ2) is 6.54. The molecule has 0 bridgehead atoms. The van der Waals surface area contributed by atoms with Crippen LogP contribution in [0.3, 0.4) is 0 Å². The quantitative estimate of drug-likeness (QED) is 0.885. The fraction of sp³-hybridized carbons (Fsp3) is 0.143. The van der Waals surface area contributed by atoms with Crippen LogP contribution in [0.1, 0.15) is 21.7 Å². The number of rotatable bonds is 5. The van der Waals surface area contributed by atoms with Gasteiger partial charge in [-0.15, -0.1) is 11.3 Å². The molecule has 1 heterocycles. The lowest BCUT2D eigenvalue weighted by molar-refractivity contribution is -0.116. The fourth-order valence-corrected chi connectivity index (χ4v) is 2.59. The van der Waals surface area contributed by atoms with Crippen LogP contribution in [0.15, 0.2) is 35.7 Å². The maximum absolute atomic E-state index is 11.9. The molecule has 0 aliphatic rings. The Morgan fingerprint density at radius 1 is 1.30 bits per heavy atom. The van der Waals surface area contributed by atoms with E-state index < -0.39 is 5.97 Å². The van der Waals surface area contributed by atoms with Crippen molar-refractivity contribution in [2.24, 2.45) is 0 Å². The smallest absolute Gasteiger partial charge is 0.337 e. The van der Waals surface area contributed by atoms with E-state index in [1.807, 2.05) is 17.5 Å². The summed E-state index contributed by atoms with van der Waals surface area (Å²) in [6, 6.07) is 8.18. The van der Waals surface area contributed by atoms with E-state index in [0.717, 1.165) is 4.88 Å². The number of aromatic carboxylic acids is 1. The highest BCUT2D eigenvalue weighted by atomic mass is 35.5. The molecule has 0 atom stereocenters. The van der Waals surface area contributed by atoms with Crippen molar-refractivity contribution in [3.8, 4) is 0 Å². The van der Waals surface area contributed by atoms with E-state index >= 15 is 0 Å². The van der Waals surface area contributed by atoms with Crippen molar-refractivity contribution >= 4 is 40.5 Å². The van der Waals surface area contributed by atoms with Crippen LogP contribution in [0.25, 0.3) is 0 Å². The predicted octanol–water partition coefficient (Wildman–Crippen LogP) is 3.67. The van der Waals surface area contributed by atoms with Crippen LogP contribution in [0, 0.1) is 0 Å². The number of carboxylic acid groups (broad SMARTS) is 1. The molecular weight excluding hydrogens is 298 g/mol. The Labute approximate surface area is 125 Å². The molecule has 0 aliphatic heterocycles. The minimum Gasteiger partial charge on any atom is -0.478 e. The van der Waals surface area contributed by atoms with Crippen molar-refractivity contribution in [2.45, 2.75) is 12.8 Å². The molecule has 2 rings (SSSR count). The highest BCUT2D eigenvalue weighted by Crippen LogP contribution is 2.21. The number of carbonyl (C=O) groups excluding carboxylic acids is 1. The molecule has 104 valence electrons. The molecular formula is C14H12ClNO3S. The molecule has 2 aromatic rings. The Morgan fingerprint density at radius 2 is 2.10 bits per heavy atom. The Balaban J connectivity index is 2.03. The second-order valence-electron chi connectivity index (χ2n) is 4.12. The van der Waals surface area contributed by atoms with Gasteiger partial charge in [-0.05, 0) is 36.1 Å². The molecule has 0 unspecified atom stereocenters. The normalized spacial score (nSPS) is 10.2. The lowest BCUT2D eigenvalue weighted by atomic mass is 10.1. The third kappa shape index (κ3) is 3.82.